The van der Waals surface area contributed by atoms with Crippen molar-refractivity contribution in [3.05, 3.63) is 29.8 Å². The molecule has 1 aromatic carbocycles. The number of carboxylic acid groups (broad SMARTS) is 1. The second kappa shape index (κ2) is 5.97. The first-order valence-electron chi connectivity index (χ1n) is 6.78. The van der Waals surface area contributed by atoms with Crippen molar-refractivity contribution in [2.75, 3.05) is 6.54 Å². The summed E-state index contributed by atoms with van der Waals surface area (Å²) in [7, 11) is 0. The van der Waals surface area contributed by atoms with Crippen molar-refractivity contribution < 1.29 is 9.90 Å². The normalized spacial score (nSPS) is 26.5. The van der Waals surface area contributed by atoms with Crippen LogP contribution in [0.2, 0.25) is 0 Å². The number of rotatable bonds is 5. The van der Waals surface area contributed by atoms with Crippen molar-refractivity contribution >= 4 is 17.7 Å². The molecule has 0 spiro atoms. The van der Waals surface area contributed by atoms with Gasteiger partial charge in [0.2, 0.25) is 0 Å². The van der Waals surface area contributed by atoms with Crippen LogP contribution in [0.3, 0.4) is 0 Å². The second-order valence-corrected chi connectivity index (χ2v) is 6.51. The molecule has 1 aromatic rings. The molecule has 0 aliphatic heterocycles. The molecular weight excluding hydrogens is 258 g/mol. The summed E-state index contributed by atoms with van der Waals surface area (Å²) in [6.45, 7) is 4.77. The summed E-state index contributed by atoms with van der Waals surface area (Å²) in [5.41, 5.74) is 0.554. The summed E-state index contributed by atoms with van der Waals surface area (Å²) in [5.74, 6) is -0.706. The molecule has 0 heterocycles. The van der Waals surface area contributed by atoms with E-state index in [4.69, 9.17) is 0 Å². The first-order valence-corrected chi connectivity index (χ1v) is 7.66. The van der Waals surface area contributed by atoms with Crippen LogP contribution in [-0.4, -0.2) is 28.4 Å². The average molecular weight is 279 g/mol. The molecule has 1 aliphatic rings. The standard InChI is InChI=1S/C15H21NO2S/c1-3-16-15(14(17)18)9-8-12(10-15)19-13-7-5-4-6-11(13)2/h4-7,12,16H,3,8-10H2,1-2H3,(H,17,18). The number of carboxylic acids is 1. The van der Waals surface area contributed by atoms with Crippen LogP contribution in [0, 0.1) is 6.92 Å². The van der Waals surface area contributed by atoms with Gasteiger partial charge in [0, 0.05) is 10.1 Å². The highest BCUT2D eigenvalue weighted by Crippen LogP contribution is 2.41. The van der Waals surface area contributed by atoms with E-state index in [9.17, 15) is 9.90 Å². The van der Waals surface area contributed by atoms with E-state index in [0.29, 0.717) is 18.2 Å². The zero-order valence-electron chi connectivity index (χ0n) is 11.5. The maximum Gasteiger partial charge on any atom is 0.323 e. The molecule has 1 aliphatic carbocycles. The lowest BCUT2D eigenvalue weighted by atomic mass is 9.98. The Labute approximate surface area is 118 Å². The van der Waals surface area contributed by atoms with Gasteiger partial charge in [-0.05, 0) is 44.4 Å². The predicted octanol–water partition coefficient (Wildman–Crippen LogP) is 3.07. The zero-order chi connectivity index (χ0) is 13.9. The van der Waals surface area contributed by atoms with E-state index in [1.807, 2.05) is 30.8 Å². The maximum absolute atomic E-state index is 11.5. The number of thioether (sulfide) groups is 1. The maximum atomic E-state index is 11.5. The molecule has 3 nitrogen and oxygen atoms in total. The highest BCUT2D eigenvalue weighted by molar-refractivity contribution is 8.00. The van der Waals surface area contributed by atoms with Crippen LogP contribution < -0.4 is 5.32 Å². The van der Waals surface area contributed by atoms with Crippen molar-refractivity contribution in [1.82, 2.24) is 5.32 Å². The molecule has 0 radical (unpaired) electrons. The van der Waals surface area contributed by atoms with E-state index in [1.54, 1.807) is 0 Å². The van der Waals surface area contributed by atoms with Gasteiger partial charge in [0.15, 0.2) is 0 Å². The molecule has 0 bridgehead atoms. The first-order chi connectivity index (χ1) is 9.07. The average Bonchev–Trinajstić information content (AvgIpc) is 2.77. The fraction of sp³-hybridized carbons (Fsp3) is 0.533. The Kier molecular flexibility index (Phi) is 4.53. The minimum absolute atomic E-state index is 0.385. The molecule has 0 aromatic heterocycles. The summed E-state index contributed by atoms with van der Waals surface area (Å²) in [4.78, 5) is 12.8. The number of benzene rings is 1. The number of hydrogen-bond acceptors (Lipinski definition) is 3. The van der Waals surface area contributed by atoms with Gasteiger partial charge in [0.1, 0.15) is 5.54 Å². The fourth-order valence-corrected chi connectivity index (χ4v) is 4.11. The van der Waals surface area contributed by atoms with Gasteiger partial charge < -0.3 is 10.4 Å². The van der Waals surface area contributed by atoms with Crippen LogP contribution in [0.25, 0.3) is 0 Å². The summed E-state index contributed by atoms with van der Waals surface area (Å²) >= 11 is 1.82. The Hall–Kier alpha value is -1.00. The van der Waals surface area contributed by atoms with Gasteiger partial charge in [-0.15, -0.1) is 11.8 Å². The van der Waals surface area contributed by atoms with Crippen LogP contribution in [0.4, 0.5) is 0 Å². The SMILES string of the molecule is CCNC1(C(=O)O)CCC(Sc2ccccc2C)C1. The molecule has 19 heavy (non-hydrogen) atoms. The lowest BCUT2D eigenvalue weighted by molar-refractivity contribution is -0.144. The van der Waals surface area contributed by atoms with Gasteiger partial charge in [-0.1, -0.05) is 25.1 Å². The van der Waals surface area contributed by atoms with Gasteiger partial charge in [0.25, 0.3) is 0 Å². The smallest absolute Gasteiger partial charge is 0.323 e. The molecule has 2 unspecified atom stereocenters. The molecule has 2 atom stereocenters. The minimum Gasteiger partial charge on any atom is -0.480 e. The van der Waals surface area contributed by atoms with Crippen LogP contribution >= 0.6 is 11.8 Å². The molecular formula is C15H21NO2S. The van der Waals surface area contributed by atoms with Gasteiger partial charge in [-0.2, -0.15) is 0 Å². The van der Waals surface area contributed by atoms with E-state index >= 15 is 0 Å². The van der Waals surface area contributed by atoms with E-state index in [-0.39, 0.29) is 0 Å². The fourth-order valence-electron chi connectivity index (χ4n) is 2.74. The number of aliphatic carboxylic acids is 1. The van der Waals surface area contributed by atoms with Crippen LogP contribution in [0.15, 0.2) is 29.2 Å². The topological polar surface area (TPSA) is 49.3 Å². The Morgan fingerprint density at radius 1 is 1.53 bits per heavy atom. The van der Waals surface area contributed by atoms with Gasteiger partial charge in [-0.3, -0.25) is 4.79 Å². The summed E-state index contributed by atoms with van der Waals surface area (Å²) in [6.07, 6.45) is 2.38. The third-order valence-electron chi connectivity index (χ3n) is 3.78. The largest absolute Gasteiger partial charge is 0.480 e. The van der Waals surface area contributed by atoms with Gasteiger partial charge in [-0.25, -0.2) is 0 Å². The Bertz CT molecular complexity index is 463. The molecule has 2 rings (SSSR count). The molecule has 104 valence electrons. The van der Waals surface area contributed by atoms with Crippen LogP contribution in [0.5, 0.6) is 0 Å². The van der Waals surface area contributed by atoms with Crippen molar-refractivity contribution in [2.24, 2.45) is 0 Å². The number of hydrogen-bond donors (Lipinski definition) is 2. The van der Waals surface area contributed by atoms with E-state index in [0.717, 1.165) is 12.8 Å². The van der Waals surface area contributed by atoms with Gasteiger partial charge in [0.05, 0.1) is 0 Å². The number of carbonyl (C=O) groups is 1. The lowest BCUT2D eigenvalue weighted by Gasteiger charge is -2.25. The summed E-state index contributed by atoms with van der Waals surface area (Å²) in [6, 6.07) is 8.30. The number of aryl methyl sites for hydroxylation is 1. The van der Waals surface area contributed by atoms with Crippen molar-refractivity contribution in [3.8, 4) is 0 Å². The van der Waals surface area contributed by atoms with E-state index in [1.165, 1.54) is 10.5 Å². The summed E-state index contributed by atoms with van der Waals surface area (Å²) < 4.78 is 0. The monoisotopic (exact) mass is 279 g/mol. The molecule has 0 saturated heterocycles. The third kappa shape index (κ3) is 3.12. The second-order valence-electron chi connectivity index (χ2n) is 5.17. The van der Waals surface area contributed by atoms with Crippen molar-refractivity contribution in [3.63, 3.8) is 0 Å². The zero-order valence-corrected chi connectivity index (χ0v) is 12.3. The number of nitrogens with one attached hydrogen (secondary N) is 1. The highest BCUT2D eigenvalue weighted by atomic mass is 32.2. The molecule has 1 fully saturated rings. The van der Waals surface area contributed by atoms with Crippen LogP contribution in [0.1, 0.15) is 31.7 Å². The Morgan fingerprint density at radius 3 is 2.89 bits per heavy atom. The van der Waals surface area contributed by atoms with E-state index in [2.05, 4.69) is 24.4 Å². The lowest BCUT2D eigenvalue weighted by Crippen LogP contribution is -2.50. The van der Waals surface area contributed by atoms with Gasteiger partial charge >= 0.3 is 5.97 Å². The quantitative estimate of drug-likeness (QED) is 0.869. The van der Waals surface area contributed by atoms with Crippen molar-refractivity contribution in [1.29, 1.82) is 0 Å². The minimum atomic E-state index is -0.713. The third-order valence-corrected chi connectivity index (χ3v) is 5.23. The predicted molar refractivity (Wildman–Crippen MR) is 78.7 cm³/mol. The molecule has 2 N–H and O–H groups in total. The van der Waals surface area contributed by atoms with Crippen LogP contribution in [-0.2, 0) is 4.79 Å². The molecule has 0 amide bonds. The Morgan fingerprint density at radius 2 is 2.26 bits per heavy atom. The molecule has 1 saturated carbocycles. The van der Waals surface area contributed by atoms with E-state index < -0.39 is 11.5 Å². The molecule has 4 heteroatoms. The Balaban J connectivity index is 2.06. The van der Waals surface area contributed by atoms with Crippen molar-refractivity contribution in [2.45, 2.75) is 48.8 Å². The highest BCUT2D eigenvalue weighted by Gasteiger charge is 2.45. The summed E-state index contributed by atoms with van der Waals surface area (Å²) in [5, 5.41) is 13.0. The first kappa shape index (κ1) is 14.4. The number of likely N-dealkylation sites (N-methyl/N-ethyl adjacent to an activating group) is 1.